The summed E-state index contributed by atoms with van der Waals surface area (Å²) in [6.45, 7) is 11.9. The van der Waals surface area contributed by atoms with E-state index in [0.717, 1.165) is 18.8 Å². The number of alkyl carbamates (subject to hydrolysis) is 1. The molecule has 0 radical (unpaired) electrons. The minimum atomic E-state index is -0.479. The average Bonchev–Trinajstić information content (AvgIpc) is 2.82. The second-order valence-electron chi connectivity index (χ2n) is 6.48. The molecular weight excluding hydrogens is 282 g/mol. The van der Waals surface area contributed by atoms with Gasteiger partial charge in [0.05, 0.1) is 0 Å². The Bertz CT molecular complexity index is 407. The number of rotatable bonds is 7. The molecule has 4 atom stereocenters. The molecule has 1 aliphatic carbocycles. The number of carbonyl (C=O) groups is 2. The number of esters is 1. The van der Waals surface area contributed by atoms with Crippen molar-refractivity contribution >= 4 is 12.1 Å². The van der Waals surface area contributed by atoms with Gasteiger partial charge in [-0.1, -0.05) is 26.8 Å². The van der Waals surface area contributed by atoms with Crippen LogP contribution in [0.1, 0.15) is 47.0 Å². The van der Waals surface area contributed by atoms with Crippen LogP contribution in [0.15, 0.2) is 12.2 Å². The Morgan fingerprint density at radius 3 is 2.55 bits per heavy atom. The molecule has 5 nitrogen and oxygen atoms in total. The lowest BCUT2D eigenvalue weighted by Crippen LogP contribution is -2.34. The molecule has 22 heavy (non-hydrogen) atoms. The second kappa shape index (κ2) is 8.81. The summed E-state index contributed by atoms with van der Waals surface area (Å²) < 4.78 is 10.1. The molecule has 4 unspecified atom stereocenters. The van der Waals surface area contributed by atoms with Crippen LogP contribution in [0.3, 0.4) is 0 Å². The minimum Gasteiger partial charge on any atom is -0.458 e. The first kappa shape index (κ1) is 18.5. The molecule has 0 aliphatic heterocycles. The number of nitrogens with one attached hydrogen (secondary N) is 1. The van der Waals surface area contributed by atoms with Crippen LogP contribution in [0, 0.1) is 17.8 Å². The Hall–Kier alpha value is -1.52. The monoisotopic (exact) mass is 311 g/mol. The fourth-order valence-corrected chi connectivity index (χ4v) is 3.05. The summed E-state index contributed by atoms with van der Waals surface area (Å²) in [6.07, 6.45) is 2.62. The Morgan fingerprint density at radius 1 is 1.32 bits per heavy atom. The number of amides is 1. The Kier molecular flexibility index (Phi) is 7.42. The molecule has 1 N–H and O–H groups in total. The summed E-state index contributed by atoms with van der Waals surface area (Å²) in [4.78, 5) is 23.0. The van der Waals surface area contributed by atoms with Gasteiger partial charge in [-0.05, 0) is 44.4 Å². The molecular formula is C17H29NO4. The van der Waals surface area contributed by atoms with Gasteiger partial charge in [0.2, 0.25) is 0 Å². The third-order valence-electron chi connectivity index (χ3n) is 4.22. The topological polar surface area (TPSA) is 64.6 Å². The Labute approximate surface area is 133 Å². The van der Waals surface area contributed by atoms with E-state index in [1.807, 2.05) is 0 Å². The third kappa shape index (κ3) is 6.08. The summed E-state index contributed by atoms with van der Waals surface area (Å²) in [5, 5.41) is 2.83. The second-order valence-corrected chi connectivity index (χ2v) is 6.48. The van der Waals surface area contributed by atoms with E-state index in [1.54, 1.807) is 13.8 Å². The first-order valence-electron chi connectivity index (χ1n) is 8.10. The van der Waals surface area contributed by atoms with Crippen molar-refractivity contribution in [1.29, 1.82) is 0 Å². The van der Waals surface area contributed by atoms with Gasteiger partial charge in [0.1, 0.15) is 12.7 Å². The van der Waals surface area contributed by atoms with Crippen molar-refractivity contribution in [1.82, 2.24) is 5.32 Å². The van der Waals surface area contributed by atoms with Gasteiger partial charge in [-0.15, -0.1) is 0 Å². The summed E-state index contributed by atoms with van der Waals surface area (Å²) in [7, 11) is 0. The van der Waals surface area contributed by atoms with Gasteiger partial charge in [0.25, 0.3) is 0 Å². The van der Waals surface area contributed by atoms with Gasteiger partial charge < -0.3 is 14.8 Å². The normalized spacial score (nSPS) is 25.4. The van der Waals surface area contributed by atoms with Gasteiger partial charge >= 0.3 is 12.1 Å². The largest absolute Gasteiger partial charge is 0.458 e. The van der Waals surface area contributed by atoms with Crippen molar-refractivity contribution in [2.45, 2.75) is 53.1 Å². The molecule has 0 aromatic heterocycles. The van der Waals surface area contributed by atoms with E-state index in [1.165, 1.54) is 6.42 Å². The van der Waals surface area contributed by atoms with E-state index in [4.69, 9.17) is 9.47 Å². The van der Waals surface area contributed by atoms with Gasteiger partial charge in [-0.25, -0.2) is 9.59 Å². The molecule has 0 saturated heterocycles. The van der Waals surface area contributed by atoms with Crippen molar-refractivity contribution in [2.24, 2.45) is 17.8 Å². The van der Waals surface area contributed by atoms with E-state index >= 15 is 0 Å². The standard InChI is InChI=1S/C17H29NO4/c1-6-14-7-12(4)8-15(14)9-18-17(20)22-13(5)10-21-16(19)11(2)3/h12-15H,2,6-10H2,1,3-5H3,(H,18,20). The lowest BCUT2D eigenvalue weighted by Gasteiger charge is -2.19. The lowest BCUT2D eigenvalue weighted by molar-refractivity contribution is -0.141. The molecule has 1 aliphatic rings. The molecule has 0 aromatic rings. The predicted molar refractivity (Wildman–Crippen MR) is 85.4 cm³/mol. The maximum absolute atomic E-state index is 11.8. The van der Waals surface area contributed by atoms with Crippen LogP contribution < -0.4 is 5.32 Å². The molecule has 1 amide bonds. The van der Waals surface area contributed by atoms with Crippen LogP contribution in [0.2, 0.25) is 0 Å². The predicted octanol–water partition coefficient (Wildman–Crippen LogP) is 3.29. The summed E-state index contributed by atoms with van der Waals surface area (Å²) in [6, 6.07) is 0. The van der Waals surface area contributed by atoms with Gasteiger partial charge in [-0.2, -0.15) is 0 Å². The molecule has 1 fully saturated rings. The van der Waals surface area contributed by atoms with Crippen LogP contribution in [0.4, 0.5) is 4.79 Å². The maximum atomic E-state index is 11.8. The van der Waals surface area contributed by atoms with Crippen molar-refractivity contribution in [3.63, 3.8) is 0 Å². The van der Waals surface area contributed by atoms with E-state index in [9.17, 15) is 9.59 Å². The van der Waals surface area contributed by atoms with Crippen LogP contribution in [0.5, 0.6) is 0 Å². The molecule has 0 heterocycles. The molecule has 5 heteroatoms. The first-order valence-corrected chi connectivity index (χ1v) is 8.10. The molecule has 0 spiro atoms. The van der Waals surface area contributed by atoms with Gasteiger partial charge in [-0.3, -0.25) is 0 Å². The van der Waals surface area contributed by atoms with Crippen LogP contribution in [-0.2, 0) is 14.3 Å². The third-order valence-corrected chi connectivity index (χ3v) is 4.22. The Balaban J connectivity index is 2.25. The smallest absolute Gasteiger partial charge is 0.407 e. The van der Waals surface area contributed by atoms with Crippen molar-refractivity contribution in [3.05, 3.63) is 12.2 Å². The van der Waals surface area contributed by atoms with E-state index < -0.39 is 18.2 Å². The zero-order chi connectivity index (χ0) is 16.7. The van der Waals surface area contributed by atoms with E-state index in [-0.39, 0.29) is 6.61 Å². The quantitative estimate of drug-likeness (QED) is 0.579. The summed E-state index contributed by atoms with van der Waals surface area (Å²) in [5.74, 6) is 1.48. The zero-order valence-corrected chi connectivity index (χ0v) is 14.2. The number of ether oxygens (including phenoxy) is 2. The Morgan fingerprint density at radius 2 is 1.95 bits per heavy atom. The van der Waals surface area contributed by atoms with Crippen molar-refractivity contribution in [2.75, 3.05) is 13.2 Å². The van der Waals surface area contributed by atoms with Crippen LogP contribution in [0.25, 0.3) is 0 Å². The summed E-state index contributed by atoms with van der Waals surface area (Å²) >= 11 is 0. The summed E-state index contributed by atoms with van der Waals surface area (Å²) in [5.41, 5.74) is 0.331. The average molecular weight is 311 g/mol. The van der Waals surface area contributed by atoms with Crippen molar-refractivity contribution in [3.8, 4) is 0 Å². The highest BCUT2D eigenvalue weighted by Crippen LogP contribution is 2.37. The fraction of sp³-hybridized carbons (Fsp3) is 0.765. The number of carbonyl (C=O) groups excluding carboxylic acids is 2. The molecule has 126 valence electrons. The first-order chi connectivity index (χ1) is 10.3. The van der Waals surface area contributed by atoms with Crippen LogP contribution in [-0.4, -0.2) is 31.3 Å². The number of hydrogen-bond donors (Lipinski definition) is 1. The lowest BCUT2D eigenvalue weighted by atomic mass is 9.94. The maximum Gasteiger partial charge on any atom is 0.407 e. The van der Waals surface area contributed by atoms with Crippen LogP contribution >= 0.6 is 0 Å². The highest BCUT2D eigenvalue weighted by atomic mass is 16.6. The highest BCUT2D eigenvalue weighted by Gasteiger charge is 2.30. The van der Waals surface area contributed by atoms with E-state index in [0.29, 0.717) is 24.0 Å². The van der Waals surface area contributed by atoms with Crippen molar-refractivity contribution < 1.29 is 19.1 Å². The minimum absolute atomic E-state index is 0.0389. The molecule has 1 rings (SSSR count). The molecule has 1 saturated carbocycles. The zero-order valence-electron chi connectivity index (χ0n) is 14.2. The molecule has 0 bridgehead atoms. The molecule has 0 aromatic carbocycles. The number of hydrogen-bond acceptors (Lipinski definition) is 4. The SMILES string of the molecule is C=C(C)C(=O)OCC(C)OC(=O)NCC1CC(C)CC1CC. The van der Waals surface area contributed by atoms with Gasteiger partial charge in [0, 0.05) is 12.1 Å². The fourth-order valence-electron chi connectivity index (χ4n) is 3.05. The van der Waals surface area contributed by atoms with Gasteiger partial charge in [0.15, 0.2) is 0 Å². The highest BCUT2D eigenvalue weighted by molar-refractivity contribution is 5.86. The van der Waals surface area contributed by atoms with E-state index in [2.05, 4.69) is 25.7 Å².